The molecule has 0 radical (unpaired) electrons. The summed E-state index contributed by atoms with van der Waals surface area (Å²) in [5, 5.41) is 19.5. The molecular weight excluding hydrogens is 188 g/mol. The van der Waals surface area contributed by atoms with Crippen LogP contribution >= 0.6 is 0 Å². The van der Waals surface area contributed by atoms with Crippen molar-refractivity contribution in [3.8, 4) is 0 Å². The van der Waals surface area contributed by atoms with Gasteiger partial charge in [0, 0.05) is 0 Å². The number of carboxylic acids is 1. The van der Waals surface area contributed by atoms with Crippen LogP contribution in [0.2, 0.25) is 0 Å². The van der Waals surface area contributed by atoms with E-state index in [0.29, 0.717) is 0 Å². The van der Waals surface area contributed by atoms with Gasteiger partial charge in [0.1, 0.15) is 12.1 Å². The molecule has 2 atom stereocenters. The molecule has 6 heteroatoms. The highest BCUT2D eigenvalue weighted by Crippen LogP contribution is 2.01. The molecule has 82 valence electrons. The van der Waals surface area contributed by atoms with Crippen LogP contribution in [0, 0.1) is 5.92 Å². The molecule has 0 aliphatic carbocycles. The Morgan fingerprint density at radius 1 is 1.43 bits per heavy atom. The van der Waals surface area contributed by atoms with Crippen molar-refractivity contribution in [3.05, 3.63) is 0 Å². The number of aliphatic carboxylic acids is 1. The lowest BCUT2D eigenvalue weighted by atomic mass is 10.0. The predicted molar refractivity (Wildman–Crippen MR) is 49.5 cm³/mol. The summed E-state index contributed by atoms with van der Waals surface area (Å²) in [5.41, 5.74) is 5.21. The lowest BCUT2D eigenvalue weighted by molar-refractivity contribution is -0.143. The second-order valence-corrected chi connectivity index (χ2v) is 3.36. The molecule has 0 heterocycles. The molecule has 0 saturated heterocycles. The third kappa shape index (κ3) is 3.71. The SMILES string of the molecule is CC(C)C(NC(=O)C(N)CO)C(=O)O. The molecule has 0 aliphatic rings. The normalized spacial score (nSPS) is 14.9. The van der Waals surface area contributed by atoms with Gasteiger partial charge in [-0.15, -0.1) is 0 Å². The predicted octanol–water partition coefficient (Wildman–Crippen LogP) is -1.47. The molecule has 0 spiro atoms. The van der Waals surface area contributed by atoms with E-state index in [0.717, 1.165) is 0 Å². The van der Waals surface area contributed by atoms with E-state index in [9.17, 15) is 9.59 Å². The number of carbonyl (C=O) groups is 2. The topological polar surface area (TPSA) is 113 Å². The zero-order chi connectivity index (χ0) is 11.3. The standard InChI is InChI=1S/C8H16N2O4/c1-4(2)6(8(13)14)10-7(12)5(9)3-11/h4-6,11H,3,9H2,1-2H3,(H,10,12)(H,13,14). The lowest BCUT2D eigenvalue weighted by Crippen LogP contribution is -2.51. The molecule has 5 N–H and O–H groups in total. The van der Waals surface area contributed by atoms with E-state index < -0.39 is 30.6 Å². The first kappa shape index (κ1) is 12.9. The molecule has 0 rings (SSSR count). The summed E-state index contributed by atoms with van der Waals surface area (Å²) in [7, 11) is 0. The number of aliphatic hydroxyl groups excluding tert-OH is 1. The van der Waals surface area contributed by atoms with E-state index in [1.54, 1.807) is 13.8 Å². The molecule has 0 aliphatic heterocycles. The molecule has 0 saturated carbocycles. The summed E-state index contributed by atoms with van der Waals surface area (Å²) in [5.74, 6) is -2.01. The summed E-state index contributed by atoms with van der Waals surface area (Å²) in [6.45, 7) is 2.84. The Kier molecular flexibility index (Phi) is 5.11. The number of aliphatic hydroxyl groups is 1. The Morgan fingerprint density at radius 2 is 1.93 bits per heavy atom. The fraction of sp³-hybridized carbons (Fsp3) is 0.750. The molecule has 0 bridgehead atoms. The van der Waals surface area contributed by atoms with Gasteiger partial charge in [0.2, 0.25) is 5.91 Å². The first-order valence-electron chi connectivity index (χ1n) is 4.29. The van der Waals surface area contributed by atoms with Crippen LogP contribution < -0.4 is 11.1 Å². The van der Waals surface area contributed by atoms with Gasteiger partial charge in [0.15, 0.2) is 0 Å². The second kappa shape index (κ2) is 5.56. The Morgan fingerprint density at radius 3 is 2.21 bits per heavy atom. The molecule has 0 fully saturated rings. The van der Waals surface area contributed by atoms with Gasteiger partial charge in [-0.3, -0.25) is 4.79 Å². The van der Waals surface area contributed by atoms with Gasteiger partial charge >= 0.3 is 5.97 Å². The van der Waals surface area contributed by atoms with Crippen LogP contribution in [0.25, 0.3) is 0 Å². The van der Waals surface area contributed by atoms with Crippen molar-refractivity contribution >= 4 is 11.9 Å². The minimum Gasteiger partial charge on any atom is -0.480 e. The molecule has 0 aromatic rings. The number of hydrogen-bond donors (Lipinski definition) is 4. The highest BCUT2D eigenvalue weighted by Gasteiger charge is 2.25. The number of carbonyl (C=O) groups excluding carboxylic acids is 1. The van der Waals surface area contributed by atoms with Crippen LogP contribution in [0.4, 0.5) is 0 Å². The van der Waals surface area contributed by atoms with Crippen LogP contribution in [0.3, 0.4) is 0 Å². The number of rotatable bonds is 5. The number of nitrogens with one attached hydrogen (secondary N) is 1. The van der Waals surface area contributed by atoms with Crippen LogP contribution in [0.5, 0.6) is 0 Å². The maximum Gasteiger partial charge on any atom is 0.326 e. The molecule has 6 nitrogen and oxygen atoms in total. The average molecular weight is 204 g/mol. The van der Waals surface area contributed by atoms with Crippen molar-refractivity contribution in [1.82, 2.24) is 5.32 Å². The molecular formula is C8H16N2O4. The maximum absolute atomic E-state index is 11.1. The lowest BCUT2D eigenvalue weighted by Gasteiger charge is -2.19. The Balaban J connectivity index is 4.31. The van der Waals surface area contributed by atoms with E-state index in [1.807, 2.05) is 0 Å². The van der Waals surface area contributed by atoms with Crippen LogP contribution in [-0.2, 0) is 9.59 Å². The average Bonchev–Trinajstić information content (AvgIpc) is 2.11. The number of nitrogens with two attached hydrogens (primary N) is 1. The number of carboxylic acid groups (broad SMARTS) is 1. The molecule has 2 unspecified atom stereocenters. The molecule has 0 aromatic carbocycles. The maximum atomic E-state index is 11.1. The minimum atomic E-state index is -1.11. The molecule has 0 aromatic heterocycles. The Labute approximate surface area is 82.1 Å². The smallest absolute Gasteiger partial charge is 0.326 e. The van der Waals surface area contributed by atoms with E-state index in [-0.39, 0.29) is 5.92 Å². The van der Waals surface area contributed by atoms with E-state index in [4.69, 9.17) is 15.9 Å². The number of amides is 1. The monoisotopic (exact) mass is 204 g/mol. The summed E-state index contributed by atoms with van der Waals surface area (Å²) < 4.78 is 0. The van der Waals surface area contributed by atoms with Crippen LogP contribution in [-0.4, -0.2) is 40.8 Å². The number of hydrogen-bond acceptors (Lipinski definition) is 4. The van der Waals surface area contributed by atoms with Crippen LogP contribution in [0.1, 0.15) is 13.8 Å². The second-order valence-electron chi connectivity index (χ2n) is 3.36. The van der Waals surface area contributed by atoms with E-state index in [2.05, 4.69) is 5.32 Å². The fourth-order valence-electron chi connectivity index (χ4n) is 0.857. The van der Waals surface area contributed by atoms with E-state index >= 15 is 0 Å². The summed E-state index contributed by atoms with van der Waals surface area (Å²) in [6, 6.07) is -2.05. The van der Waals surface area contributed by atoms with Crippen molar-refractivity contribution in [3.63, 3.8) is 0 Å². The van der Waals surface area contributed by atoms with Crippen molar-refractivity contribution in [2.75, 3.05) is 6.61 Å². The summed E-state index contributed by atoms with van der Waals surface area (Å²) >= 11 is 0. The fourth-order valence-corrected chi connectivity index (χ4v) is 0.857. The highest BCUT2D eigenvalue weighted by molar-refractivity contribution is 5.86. The van der Waals surface area contributed by atoms with Crippen molar-refractivity contribution < 1.29 is 19.8 Å². The van der Waals surface area contributed by atoms with Crippen LogP contribution in [0.15, 0.2) is 0 Å². The highest BCUT2D eigenvalue weighted by atomic mass is 16.4. The van der Waals surface area contributed by atoms with Gasteiger partial charge in [0.05, 0.1) is 6.61 Å². The third-order valence-electron chi connectivity index (χ3n) is 1.76. The first-order chi connectivity index (χ1) is 6.40. The zero-order valence-corrected chi connectivity index (χ0v) is 8.23. The quantitative estimate of drug-likeness (QED) is 0.437. The summed E-state index contributed by atoms with van der Waals surface area (Å²) in [4.78, 5) is 21.8. The van der Waals surface area contributed by atoms with Gasteiger partial charge in [-0.1, -0.05) is 13.8 Å². The van der Waals surface area contributed by atoms with Gasteiger partial charge in [-0.25, -0.2) is 4.79 Å². The zero-order valence-electron chi connectivity index (χ0n) is 8.23. The molecule has 1 amide bonds. The Hall–Kier alpha value is -1.14. The largest absolute Gasteiger partial charge is 0.480 e. The van der Waals surface area contributed by atoms with Gasteiger partial charge in [-0.2, -0.15) is 0 Å². The van der Waals surface area contributed by atoms with Crippen molar-refractivity contribution in [2.45, 2.75) is 25.9 Å². The van der Waals surface area contributed by atoms with Gasteiger partial charge < -0.3 is 21.3 Å². The van der Waals surface area contributed by atoms with Crippen molar-refractivity contribution in [2.24, 2.45) is 11.7 Å². The minimum absolute atomic E-state index is 0.234. The summed E-state index contributed by atoms with van der Waals surface area (Å²) in [6.07, 6.45) is 0. The first-order valence-corrected chi connectivity index (χ1v) is 4.29. The molecule has 14 heavy (non-hydrogen) atoms. The van der Waals surface area contributed by atoms with Crippen molar-refractivity contribution in [1.29, 1.82) is 0 Å². The van der Waals surface area contributed by atoms with E-state index in [1.165, 1.54) is 0 Å². The third-order valence-corrected chi connectivity index (χ3v) is 1.76. The van der Waals surface area contributed by atoms with Gasteiger partial charge in [-0.05, 0) is 5.92 Å². The Bertz CT molecular complexity index is 217. The van der Waals surface area contributed by atoms with Gasteiger partial charge in [0.25, 0.3) is 0 Å².